The Labute approximate surface area is 260 Å². The predicted molar refractivity (Wildman–Crippen MR) is 163 cm³/mol. The highest BCUT2D eigenvalue weighted by molar-refractivity contribution is 6.42. The van der Waals surface area contributed by atoms with Gasteiger partial charge in [0.05, 0.1) is 15.7 Å². The first kappa shape index (κ1) is 32.7. The Morgan fingerprint density at radius 1 is 1.07 bits per heavy atom. The molecule has 0 bridgehead atoms. The third-order valence-corrected chi connectivity index (χ3v) is 8.83. The number of hydrogen-bond donors (Lipinski definition) is 3. The second-order valence-electron chi connectivity index (χ2n) is 11.1. The molecule has 0 unspecified atom stereocenters. The van der Waals surface area contributed by atoms with E-state index in [9.17, 15) is 23.6 Å². The molecule has 4 N–H and O–H groups in total. The highest BCUT2D eigenvalue weighted by atomic mass is 35.5. The molecule has 0 saturated carbocycles. The SMILES string of the molecule is CN(C)[C@H]1CCN(C(=O)CCC(=O)N2Cc3ccccc3C[C@H]2C(=O)N[C@@H](CCN)C(=O)Nc2ccc(Cl)c(Cl)c2F)C1. The van der Waals surface area contributed by atoms with Crippen molar-refractivity contribution in [3.05, 3.63) is 63.4 Å². The first-order valence-corrected chi connectivity index (χ1v) is 15.0. The summed E-state index contributed by atoms with van der Waals surface area (Å²) in [5.41, 5.74) is 7.35. The number of hydrogen-bond acceptors (Lipinski definition) is 6. The van der Waals surface area contributed by atoms with Crippen molar-refractivity contribution in [2.24, 2.45) is 5.73 Å². The molecule has 4 rings (SSSR count). The summed E-state index contributed by atoms with van der Waals surface area (Å²) in [4.78, 5) is 58.5. The van der Waals surface area contributed by atoms with Gasteiger partial charge in [0.15, 0.2) is 5.82 Å². The molecule has 3 atom stereocenters. The standard InChI is InChI=1S/C30H37Cl2FN6O4/c1-37(2)20-12-14-38(17-20)25(40)9-10-26(41)39-16-19-6-4-3-5-18(19)15-24(39)30(43)36-23(11-13-34)29(42)35-22-8-7-21(31)27(32)28(22)33/h3-8,20,23-24H,9-17,34H2,1-2H3,(H,35,42)(H,36,43)/t20-,23-,24-/m0/s1. The van der Waals surface area contributed by atoms with Crippen LogP contribution in [0.1, 0.15) is 36.8 Å². The smallest absolute Gasteiger partial charge is 0.247 e. The Morgan fingerprint density at radius 2 is 1.77 bits per heavy atom. The van der Waals surface area contributed by atoms with Gasteiger partial charge >= 0.3 is 0 Å². The number of carbonyl (C=O) groups is 4. The molecule has 0 aliphatic carbocycles. The summed E-state index contributed by atoms with van der Waals surface area (Å²) in [6, 6.07) is 8.39. The van der Waals surface area contributed by atoms with Crippen molar-refractivity contribution in [3.8, 4) is 0 Å². The van der Waals surface area contributed by atoms with Crippen molar-refractivity contribution < 1.29 is 23.6 Å². The number of nitrogens with zero attached hydrogens (tertiary/aromatic N) is 3. The lowest BCUT2D eigenvalue weighted by Gasteiger charge is -2.37. The summed E-state index contributed by atoms with van der Waals surface area (Å²) < 4.78 is 14.6. The average molecular weight is 636 g/mol. The summed E-state index contributed by atoms with van der Waals surface area (Å²) in [5, 5.41) is 4.80. The molecule has 2 aliphatic rings. The van der Waals surface area contributed by atoms with E-state index in [1.807, 2.05) is 38.4 Å². The number of benzene rings is 2. The number of anilines is 1. The van der Waals surface area contributed by atoms with Crippen LogP contribution in [0.25, 0.3) is 0 Å². The van der Waals surface area contributed by atoms with Crippen LogP contribution in [0.3, 0.4) is 0 Å². The monoisotopic (exact) mass is 634 g/mol. The van der Waals surface area contributed by atoms with Gasteiger partial charge in [-0.05, 0) is 56.7 Å². The second-order valence-corrected chi connectivity index (χ2v) is 11.9. The van der Waals surface area contributed by atoms with E-state index in [0.717, 1.165) is 17.5 Å². The Balaban J connectivity index is 1.46. The van der Waals surface area contributed by atoms with E-state index in [4.69, 9.17) is 28.9 Å². The van der Waals surface area contributed by atoms with Crippen LogP contribution < -0.4 is 16.4 Å². The number of carbonyl (C=O) groups excluding carboxylic acids is 4. The number of likely N-dealkylation sites (tertiary alicyclic amines) is 1. The lowest BCUT2D eigenvalue weighted by atomic mass is 9.92. The summed E-state index contributed by atoms with van der Waals surface area (Å²) in [6.07, 6.45) is 1.18. The summed E-state index contributed by atoms with van der Waals surface area (Å²) >= 11 is 11.7. The van der Waals surface area contributed by atoms with E-state index in [2.05, 4.69) is 15.5 Å². The van der Waals surface area contributed by atoms with E-state index in [-0.39, 0.29) is 72.4 Å². The van der Waals surface area contributed by atoms with Crippen LogP contribution in [0, 0.1) is 5.82 Å². The lowest BCUT2D eigenvalue weighted by Crippen LogP contribution is -2.56. The fourth-order valence-electron chi connectivity index (χ4n) is 5.47. The van der Waals surface area contributed by atoms with E-state index in [0.29, 0.717) is 13.1 Å². The fraction of sp³-hybridized carbons (Fsp3) is 0.467. The highest BCUT2D eigenvalue weighted by Crippen LogP contribution is 2.30. The molecule has 2 heterocycles. The quantitative estimate of drug-likeness (QED) is 0.345. The fourth-order valence-corrected chi connectivity index (χ4v) is 5.78. The summed E-state index contributed by atoms with van der Waals surface area (Å²) in [5.74, 6) is -2.57. The van der Waals surface area contributed by atoms with Gasteiger partial charge in [-0.3, -0.25) is 19.2 Å². The van der Waals surface area contributed by atoms with Crippen LogP contribution in [0.15, 0.2) is 36.4 Å². The maximum Gasteiger partial charge on any atom is 0.247 e. The number of rotatable bonds is 10. The van der Waals surface area contributed by atoms with Gasteiger partial charge in [-0.2, -0.15) is 0 Å². The van der Waals surface area contributed by atoms with Gasteiger partial charge in [0.1, 0.15) is 12.1 Å². The molecule has 43 heavy (non-hydrogen) atoms. The van der Waals surface area contributed by atoms with Gasteiger partial charge in [-0.15, -0.1) is 0 Å². The number of nitrogens with one attached hydrogen (secondary N) is 2. The van der Waals surface area contributed by atoms with Gasteiger partial charge in [-0.1, -0.05) is 47.5 Å². The first-order valence-electron chi connectivity index (χ1n) is 14.2. The normalized spacial score (nSPS) is 18.8. The zero-order valence-electron chi connectivity index (χ0n) is 24.2. The molecular formula is C30H37Cl2FN6O4. The number of likely N-dealkylation sites (N-methyl/N-ethyl adjacent to an activating group) is 1. The van der Waals surface area contributed by atoms with Crippen molar-refractivity contribution in [2.45, 2.75) is 56.8 Å². The van der Waals surface area contributed by atoms with Gasteiger partial charge in [-0.25, -0.2) is 4.39 Å². The molecule has 2 aromatic carbocycles. The van der Waals surface area contributed by atoms with Gasteiger partial charge in [0.25, 0.3) is 0 Å². The minimum Gasteiger partial charge on any atom is -0.342 e. The molecule has 0 aromatic heterocycles. The van der Waals surface area contributed by atoms with Crippen molar-refractivity contribution in [3.63, 3.8) is 0 Å². The van der Waals surface area contributed by atoms with Gasteiger partial charge in [0.2, 0.25) is 23.6 Å². The molecule has 232 valence electrons. The van der Waals surface area contributed by atoms with Crippen LogP contribution in [0.5, 0.6) is 0 Å². The number of halogens is 3. The molecular weight excluding hydrogens is 598 g/mol. The maximum atomic E-state index is 14.6. The van der Waals surface area contributed by atoms with Crippen LogP contribution in [-0.4, -0.2) is 90.2 Å². The third-order valence-electron chi connectivity index (χ3n) is 8.05. The van der Waals surface area contributed by atoms with Crippen LogP contribution in [0.4, 0.5) is 10.1 Å². The van der Waals surface area contributed by atoms with E-state index in [1.54, 1.807) is 4.90 Å². The second kappa shape index (κ2) is 14.5. The number of amides is 4. The Kier molecular flexibility index (Phi) is 11.0. The Hall–Kier alpha value is -3.25. The number of fused-ring (bicyclic) bond motifs is 1. The first-order chi connectivity index (χ1) is 20.5. The Bertz CT molecular complexity index is 1380. The Morgan fingerprint density at radius 3 is 2.44 bits per heavy atom. The minimum atomic E-state index is -1.11. The van der Waals surface area contributed by atoms with E-state index in [1.165, 1.54) is 17.0 Å². The maximum absolute atomic E-state index is 14.6. The summed E-state index contributed by atoms with van der Waals surface area (Å²) in [6.45, 7) is 1.52. The molecule has 1 saturated heterocycles. The molecule has 0 radical (unpaired) electrons. The topological polar surface area (TPSA) is 128 Å². The van der Waals surface area contributed by atoms with Crippen molar-refractivity contribution >= 4 is 52.5 Å². The van der Waals surface area contributed by atoms with Crippen molar-refractivity contribution in [1.82, 2.24) is 20.0 Å². The average Bonchev–Trinajstić information content (AvgIpc) is 3.50. The molecule has 2 aromatic rings. The molecule has 4 amide bonds. The van der Waals surface area contributed by atoms with Gasteiger partial charge in [0, 0.05) is 44.9 Å². The zero-order valence-corrected chi connectivity index (χ0v) is 25.8. The van der Waals surface area contributed by atoms with Crippen LogP contribution in [-0.2, 0) is 32.1 Å². The van der Waals surface area contributed by atoms with Gasteiger partial charge < -0.3 is 31.1 Å². The number of nitrogens with two attached hydrogens (primary N) is 1. The van der Waals surface area contributed by atoms with Crippen LogP contribution in [0.2, 0.25) is 10.0 Å². The molecule has 0 spiro atoms. The lowest BCUT2D eigenvalue weighted by molar-refractivity contribution is -0.144. The van der Waals surface area contributed by atoms with E-state index >= 15 is 0 Å². The molecule has 1 fully saturated rings. The van der Waals surface area contributed by atoms with Crippen molar-refractivity contribution in [2.75, 3.05) is 39.0 Å². The van der Waals surface area contributed by atoms with E-state index < -0.39 is 29.7 Å². The molecule has 13 heteroatoms. The van der Waals surface area contributed by atoms with Crippen LogP contribution >= 0.6 is 23.2 Å². The summed E-state index contributed by atoms with van der Waals surface area (Å²) in [7, 11) is 3.96. The minimum absolute atomic E-state index is 0.00815. The predicted octanol–water partition coefficient (Wildman–Crippen LogP) is 2.80. The molecule has 2 aliphatic heterocycles. The highest BCUT2D eigenvalue weighted by Gasteiger charge is 2.37. The third kappa shape index (κ3) is 7.83. The van der Waals surface area contributed by atoms with Crippen molar-refractivity contribution in [1.29, 1.82) is 0 Å². The molecule has 10 nitrogen and oxygen atoms in total. The largest absolute Gasteiger partial charge is 0.342 e. The zero-order chi connectivity index (χ0) is 31.3.